The fraction of sp³-hybridized carbons (Fsp3) is 0.550. The van der Waals surface area contributed by atoms with E-state index in [9.17, 15) is 13.2 Å². The van der Waals surface area contributed by atoms with Crippen LogP contribution in [0.1, 0.15) is 49.7 Å². The lowest BCUT2D eigenvalue weighted by atomic mass is 9.92. The van der Waals surface area contributed by atoms with E-state index in [2.05, 4.69) is 30.1 Å². The molecule has 1 aromatic heterocycles. The van der Waals surface area contributed by atoms with Crippen molar-refractivity contribution < 1.29 is 13.2 Å². The molecule has 1 aliphatic carbocycles. The number of carbonyl (C=O) groups is 1. The van der Waals surface area contributed by atoms with Crippen LogP contribution in [0.5, 0.6) is 0 Å². The molecule has 0 atom stereocenters. The number of aromatic nitrogens is 3. The predicted molar refractivity (Wildman–Crippen MR) is 114 cm³/mol. The number of hydrogen-bond donors (Lipinski definition) is 3. The predicted octanol–water partition coefficient (Wildman–Crippen LogP) is 1.98. The number of H-pyrrole nitrogens is 1. The molecule has 2 aromatic rings. The van der Waals surface area contributed by atoms with E-state index in [-0.39, 0.29) is 29.7 Å². The lowest BCUT2D eigenvalue weighted by molar-refractivity contribution is -0.116. The maximum atomic E-state index is 12.6. The highest BCUT2D eigenvalue weighted by Crippen LogP contribution is 2.24. The number of rotatable bonds is 7. The van der Waals surface area contributed by atoms with Crippen LogP contribution in [-0.4, -0.2) is 49.1 Å². The first-order valence-corrected chi connectivity index (χ1v) is 12.1. The van der Waals surface area contributed by atoms with Crippen LogP contribution in [-0.2, 0) is 27.7 Å². The summed E-state index contributed by atoms with van der Waals surface area (Å²) in [6.07, 6.45) is 7.60. The third kappa shape index (κ3) is 4.99. The lowest BCUT2D eigenvalue weighted by Gasteiger charge is -2.24. The second-order valence-corrected chi connectivity index (χ2v) is 9.63. The number of benzene rings is 1. The molecule has 10 heteroatoms. The number of nitrogens with one attached hydrogen (secondary N) is 3. The topological polar surface area (TPSA) is 120 Å². The Labute approximate surface area is 176 Å². The van der Waals surface area contributed by atoms with Crippen molar-refractivity contribution >= 4 is 27.8 Å². The first-order valence-electron chi connectivity index (χ1n) is 10.6. The zero-order chi connectivity index (χ0) is 21.0. The van der Waals surface area contributed by atoms with Crippen LogP contribution < -0.4 is 14.9 Å². The molecule has 2 heterocycles. The van der Waals surface area contributed by atoms with E-state index < -0.39 is 10.0 Å². The molecule has 9 nitrogen and oxygen atoms in total. The van der Waals surface area contributed by atoms with Gasteiger partial charge in [-0.2, -0.15) is 4.98 Å². The molecule has 0 unspecified atom stereocenters. The zero-order valence-corrected chi connectivity index (χ0v) is 17.8. The Hall–Kier alpha value is -2.46. The minimum atomic E-state index is -3.65. The molecule has 2 aliphatic rings. The van der Waals surface area contributed by atoms with Crippen molar-refractivity contribution in [1.82, 2.24) is 19.9 Å². The molecule has 0 radical (unpaired) electrons. The maximum absolute atomic E-state index is 12.6. The number of aromatic amines is 1. The minimum Gasteiger partial charge on any atom is -0.340 e. The smallest absolute Gasteiger partial charge is 0.246 e. The van der Waals surface area contributed by atoms with Gasteiger partial charge in [0.25, 0.3) is 0 Å². The normalized spacial score (nSPS) is 16.9. The molecule has 0 spiro atoms. The summed E-state index contributed by atoms with van der Waals surface area (Å²) in [5, 5.41) is 9.51. The molecular weight excluding hydrogens is 404 g/mol. The van der Waals surface area contributed by atoms with Crippen molar-refractivity contribution in [2.24, 2.45) is 0 Å². The monoisotopic (exact) mass is 432 g/mol. The van der Waals surface area contributed by atoms with Gasteiger partial charge >= 0.3 is 0 Å². The van der Waals surface area contributed by atoms with Gasteiger partial charge in [-0.15, -0.1) is 5.10 Å². The second-order valence-electron chi connectivity index (χ2n) is 7.87. The van der Waals surface area contributed by atoms with Gasteiger partial charge in [0, 0.05) is 26.1 Å². The molecule has 4 rings (SSSR count). The molecule has 1 aliphatic heterocycles. The number of amides is 1. The molecule has 1 saturated heterocycles. The summed E-state index contributed by atoms with van der Waals surface area (Å²) in [5.74, 6) is 0.528. The van der Waals surface area contributed by atoms with E-state index in [1.165, 1.54) is 12.0 Å². The Kier molecular flexibility index (Phi) is 6.33. The Morgan fingerprint density at radius 3 is 2.63 bits per heavy atom. The van der Waals surface area contributed by atoms with Crippen molar-refractivity contribution in [3.63, 3.8) is 0 Å². The summed E-state index contributed by atoms with van der Waals surface area (Å²) in [6, 6.07) is 5.30. The first-order chi connectivity index (χ1) is 14.5. The summed E-state index contributed by atoms with van der Waals surface area (Å²) in [5.41, 5.74) is 2.34. The van der Waals surface area contributed by atoms with E-state index in [0.717, 1.165) is 57.2 Å². The number of aryl methyl sites for hydroxylation is 2. The first kappa shape index (κ1) is 20.8. The third-order valence-corrected chi connectivity index (χ3v) is 7.10. The number of anilines is 2. The average molecular weight is 433 g/mol. The summed E-state index contributed by atoms with van der Waals surface area (Å²) >= 11 is 0. The third-order valence-electron chi connectivity index (χ3n) is 5.64. The Bertz CT molecular complexity index is 998. The van der Waals surface area contributed by atoms with Crippen LogP contribution in [0.25, 0.3) is 0 Å². The highest BCUT2D eigenvalue weighted by molar-refractivity contribution is 7.89. The van der Waals surface area contributed by atoms with Crippen molar-refractivity contribution in [3.05, 3.63) is 29.3 Å². The van der Waals surface area contributed by atoms with Gasteiger partial charge in [-0.05, 0) is 68.2 Å². The Balaban J connectivity index is 1.27. The number of hydrogen-bond acceptors (Lipinski definition) is 6. The van der Waals surface area contributed by atoms with E-state index in [4.69, 9.17) is 0 Å². The van der Waals surface area contributed by atoms with Gasteiger partial charge in [-0.1, -0.05) is 6.07 Å². The molecule has 3 N–H and O–H groups in total. The van der Waals surface area contributed by atoms with Gasteiger partial charge in [0.15, 0.2) is 0 Å². The summed E-state index contributed by atoms with van der Waals surface area (Å²) in [7, 11) is -3.65. The van der Waals surface area contributed by atoms with E-state index >= 15 is 0 Å². The molecule has 1 fully saturated rings. The van der Waals surface area contributed by atoms with Crippen LogP contribution in [0.2, 0.25) is 0 Å². The van der Waals surface area contributed by atoms with E-state index in [1.54, 1.807) is 12.1 Å². The zero-order valence-electron chi connectivity index (χ0n) is 17.0. The van der Waals surface area contributed by atoms with Crippen LogP contribution in [0.3, 0.4) is 0 Å². The number of carbonyl (C=O) groups excluding carboxylic acids is 1. The van der Waals surface area contributed by atoms with Crippen molar-refractivity contribution in [2.75, 3.05) is 29.9 Å². The van der Waals surface area contributed by atoms with Crippen molar-refractivity contribution in [2.45, 2.75) is 56.3 Å². The van der Waals surface area contributed by atoms with E-state index in [1.807, 2.05) is 6.07 Å². The SMILES string of the molecule is O=C(CCNS(=O)(=O)c1ccc2c(c1)CCCC2)Nc1nc(N2CCCCC2)n[nH]1. The second kappa shape index (κ2) is 9.13. The van der Waals surface area contributed by atoms with Gasteiger partial charge in [-0.3, -0.25) is 10.1 Å². The van der Waals surface area contributed by atoms with Crippen LogP contribution in [0.4, 0.5) is 11.9 Å². The standard InChI is InChI=1S/C20H28N6O3S/c27-18(22-19-23-20(25-24-19)26-12-4-1-5-13-26)10-11-21-30(28,29)17-9-8-15-6-2-3-7-16(15)14-17/h8-9,14,21H,1-7,10-13H2,(H2,22,23,24,25,27). The van der Waals surface area contributed by atoms with Crippen LogP contribution in [0, 0.1) is 0 Å². The summed E-state index contributed by atoms with van der Waals surface area (Å²) < 4.78 is 27.6. The van der Waals surface area contributed by atoms with E-state index in [0.29, 0.717) is 5.95 Å². The number of sulfonamides is 1. The fourth-order valence-corrected chi connectivity index (χ4v) is 5.08. The number of fused-ring (bicyclic) bond motifs is 1. The van der Waals surface area contributed by atoms with Gasteiger partial charge in [0.2, 0.25) is 27.8 Å². The molecule has 1 amide bonds. The number of piperidine rings is 1. The summed E-state index contributed by atoms with van der Waals surface area (Å²) in [4.78, 5) is 18.8. The fourth-order valence-electron chi connectivity index (χ4n) is 4.00. The highest BCUT2D eigenvalue weighted by Gasteiger charge is 2.19. The van der Waals surface area contributed by atoms with Crippen molar-refractivity contribution in [3.8, 4) is 0 Å². The molecule has 0 bridgehead atoms. The van der Waals surface area contributed by atoms with Crippen LogP contribution in [0.15, 0.2) is 23.1 Å². The molecular formula is C20H28N6O3S. The van der Waals surface area contributed by atoms with Crippen LogP contribution >= 0.6 is 0 Å². The minimum absolute atomic E-state index is 0.00389. The summed E-state index contributed by atoms with van der Waals surface area (Å²) in [6.45, 7) is 1.84. The quantitative estimate of drug-likeness (QED) is 0.615. The molecule has 30 heavy (non-hydrogen) atoms. The average Bonchev–Trinajstić information content (AvgIpc) is 3.22. The Morgan fingerprint density at radius 2 is 1.83 bits per heavy atom. The maximum Gasteiger partial charge on any atom is 0.246 e. The van der Waals surface area contributed by atoms with Gasteiger partial charge in [0.05, 0.1) is 4.90 Å². The lowest BCUT2D eigenvalue weighted by Crippen LogP contribution is -2.30. The van der Waals surface area contributed by atoms with Gasteiger partial charge in [0.1, 0.15) is 0 Å². The molecule has 0 saturated carbocycles. The largest absolute Gasteiger partial charge is 0.340 e. The molecule has 1 aromatic carbocycles. The van der Waals surface area contributed by atoms with Gasteiger partial charge < -0.3 is 4.90 Å². The van der Waals surface area contributed by atoms with Crippen molar-refractivity contribution in [1.29, 1.82) is 0 Å². The molecule has 162 valence electrons. The van der Waals surface area contributed by atoms with Gasteiger partial charge in [-0.25, -0.2) is 18.2 Å². The highest BCUT2D eigenvalue weighted by atomic mass is 32.2. The number of nitrogens with zero attached hydrogens (tertiary/aromatic N) is 3. The Morgan fingerprint density at radius 1 is 1.07 bits per heavy atom.